The summed E-state index contributed by atoms with van der Waals surface area (Å²) in [7, 11) is 2.20. The maximum absolute atomic E-state index is 2.43. The second-order valence-corrected chi connectivity index (χ2v) is 7.61. The van der Waals surface area contributed by atoms with E-state index in [1.54, 1.807) is 0 Å². The van der Waals surface area contributed by atoms with Gasteiger partial charge in [-0.1, -0.05) is 49.7 Å². The maximum atomic E-state index is 2.43. The first-order valence-corrected chi connectivity index (χ1v) is 9.41. The average Bonchev–Trinajstić information content (AvgIpc) is 3.13. The molecule has 0 bridgehead atoms. The summed E-state index contributed by atoms with van der Waals surface area (Å²) in [6, 6.07) is 20.1. The second kappa shape index (κ2) is 5.09. The normalized spacial score (nSPS) is 12.1. The summed E-state index contributed by atoms with van der Waals surface area (Å²) in [6.07, 6.45) is 2.32. The summed E-state index contributed by atoms with van der Waals surface area (Å²) in [5.41, 5.74) is 4.17. The smallest absolute Gasteiger partial charge is 0.0498 e. The molecular formula is C22H19NS. The van der Waals surface area contributed by atoms with E-state index >= 15 is 0 Å². The van der Waals surface area contributed by atoms with Crippen LogP contribution in [0.5, 0.6) is 0 Å². The standard InChI is InChI=1S/C22H19NS/c1-3-8-14-13-18-20(15-9-4-6-11-17(15)23(18)2)21-16-10-5-7-12-19(16)24-22(14)21/h4-7,9-13H,3,8H2,1-2H3. The Morgan fingerprint density at radius 2 is 1.62 bits per heavy atom. The van der Waals surface area contributed by atoms with Gasteiger partial charge in [0.05, 0.1) is 0 Å². The van der Waals surface area contributed by atoms with Gasteiger partial charge in [-0.25, -0.2) is 0 Å². The third-order valence-corrected chi connectivity index (χ3v) is 6.37. The quantitative estimate of drug-likeness (QED) is 0.341. The minimum atomic E-state index is 1.14. The van der Waals surface area contributed by atoms with Crippen molar-refractivity contribution in [2.75, 3.05) is 0 Å². The number of hydrogen-bond acceptors (Lipinski definition) is 1. The number of rotatable bonds is 2. The predicted molar refractivity (Wildman–Crippen MR) is 107 cm³/mol. The van der Waals surface area contributed by atoms with Gasteiger partial charge >= 0.3 is 0 Å². The molecule has 0 aliphatic rings. The van der Waals surface area contributed by atoms with E-state index in [4.69, 9.17) is 0 Å². The number of nitrogens with zero attached hydrogens (tertiary/aromatic N) is 1. The van der Waals surface area contributed by atoms with E-state index in [2.05, 4.69) is 73.1 Å². The van der Waals surface area contributed by atoms with E-state index in [9.17, 15) is 0 Å². The van der Waals surface area contributed by atoms with Crippen LogP contribution >= 0.6 is 11.3 Å². The van der Waals surface area contributed by atoms with Crippen molar-refractivity contribution in [3.8, 4) is 0 Å². The number of para-hydroxylation sites is 1. The van der Waals surface area contributed by atoms with Gasteiger partial charge in [-0.15, -0.1) is 11.3 Å². The van der Waals surface area contributed by atoms with Crippen LogP contribution in [0.2, 0.25) is 0 Å². The fourth-order valence-corrected chi connectivity index (χ4v) is 5.30. The largest absolute Gasteiger partial charge is 0.344 e. The first kappa shape index (κ1) is 14.1. The summed E-state index contributed by atoms with van der Waals surface area (Å²) in [5.74, 6) is 0. The highest BCUT2D eigenvalue weighted by Gasteiger charge is 2.17. The molecular weight excluding hydrogens is 310 g/mol. The molecule has 24 heavy (non-hydrogen) atoms. The van der Waals surface area contributed by atoms with Crippen LogP contribution in [0, 0.1) is 0 Å². The first-order valence-electron chi connectivity index (χ1n) is 8.60. The molecule has 5 rings (SSSR count). The topological polar surface area (TPSA) is 4.93 Å². The van der Waals surface area contributed by atoms with Crippen molar-refractivity contribution in [1.29, 1.82) is 0 Å². The fourth-order valence-electron chi connectivity index (χ4n) is 4.05. The van der Waals surface area contributed by atoms with Crippen molar-refractivity contribution >= 4 is 53.3 Å². The lowest BCUT2D eigenvalue weighted by Crippen LogP contribution is -1.89. The predicted octanol–water partition coefficient (Wildman–Crippen LogP) is 6.65. The Morgan fingerprint density at radius 3 is 2.46 bits per heavy atom. The molecule has 0 saturated heterocycles. The van der Waals surface area contributed by atoms with Gasteiger partial charge in [-0.05, 0) is 30.2 Å². The molecule has 0 fully saturated rings. The second-order valence-electron chi connectivity index (χ2n) is 6.56. The van der Waals surface area contributed by atoms with Crippen LogP contribution in [-0.2, 0) is 13.5 Å². The summed E-state index contributed by atoms with van der Waals surface area (Å²) >= 11 is 1.95. The molecule has 0 saturated carbocycles. The zero-order chi connectivity index (χ0) is 16.3. The number of fused-ring (bicyclic) bond motifs is 7. The SMILES string of the molecule is CCCc1cc2c(c3ccccc3n2C)c2c1sc1ccccc12. The summed E-state index contributed by atoms with van der Waals surface area (Å²) in [5, 5.41) is 5.64. The molecule has 3 aromatic carbocycles. The van der Waals surface area contributed by atoms with Crippen molar-refractivity contribution in [2.24, 2.45) is 7.05 Å². The van der Waals surface area contributed by atoms with Gasteiger partial charge in [-0.2, -0.15) is 0 Å². The van der Waals surface area contributed by atoms with Crippen molar-refractivity contribution in [3.05, 3.63) is 60.2 Å². The number of thiophene rings is 1. The summed E-state index contributed by atoms with van der Waals surface area (Å²) in [6.45, 7) is 2.27. The summed E-state index contributed by atoms with van der Waals surface area (Å²) < 4.78 is 5.22. The maximum Gasteiger partial charge on any atom is 0.0498 e. The third kappa shape index (κ3) is 1.75. The molecule has 0 atom stereocenters. The minimum Gasteiger partial charge on any atom is -0.344 e. The van der Waals surface area contributed by atoms with Crippen LogP contribution in [0.3, 0.4) is 0 Å². The van der Waals surface area contributed by atoms with Gasteiger partial charge < -0.3 is 4.57 Å². The van der Waals surface area contributed by atoms with Gasteiger partial charge in [-0.3, -0.25) is 0 Å². The number of aryl methyl sites for hydroxylation is 2. The zero-order valence-electron chi connectivity index (χ0n) is 14.0. The lowest BCUT2D eigenvalue weighted by molar-refractivity contribution is 0.929. The highest BCUT2D eigenvalue weighted by Crippen LogP contribution is 2.44. The van der Waals surface area contributed by atoms with Crippen molar-refractivity contribution in [3.63, 3.8) is 0 Å². The minimum absolute atomic E-state index is 1.14. The zero-order valence-corrected chi connectivity index (χ0v) is 14.8. The molecule has 118 valence electrons. The highest BCUT2D eigenvalue weighted by molar-refractivity contribution is 7.26. The molecule has 0 aliphatic heterocycles. The van der Waals surface area contributed by atoms with Crippen molar-refractivity contribution in [2.45, 2.75) is 19.8 Å². The Hall–Kier alpha value is -2.32. The van der Waals surface area contributed by atoms with E-state index in [-0.39, 0.29) is 0 Å². The Bertz CT molecular complexity index is 1220. The van der Waals surface area contributed by atoms with E-state index in [1.165, 1.54) is 54.0 Å². The van der Waals surface area contributed by atoms with Crippen LogP contribution in [0.1, 0.15) is 18.9 Å². The van der Waals surface area contributed by atoms with Crippen LogP contribution in [0.25, 0.3) is 42.0 Å². The molecule has 0 N–H and O–H groups in total. The van der Waals surface area contributed by atoms with Gasteiger partial charge in [0, 0.05) is 49.0 Å². The molecule has 5 aromatic rings. The van der Waals surface area contributed by atoms with Crippen molar-refractivity contribution < 1.29 is 0 Å². The van der Waals surface area contributed by atoms with Gasteiger partial charge in [0.1, 0.15) is 0 Å². The monoisotopic (exact) mass is 329 g/mol. The fraction of sp³-hybridized carbons (Fsp3) is 0.182. The Kier molecular flexibility index (Phi) is 2.98. The van der Waals surface area contributed by atoms with E-state index in [0.29, 0.717) is 0 Å². The Morgan fingerprint density at radius 1 is 0.875 bits per heavy atom. The van der Waals surface area contributed by atoms with E-state index in [1.807, 2.05) is 11.3 Å². The van der Waals surface area contributed by atoms with Crippen molar-refractivity contribution in [1.82, 2.24) is 4.57 Å². The molecule has 1 nitrogen and oxygen atoms in total. The molecule has 2 heterocycles. The highest BCUT2D eigenvalue weighted by atomic mass is 32.1. The van der Waals surface area contributed by atoms with Crippen LogP contribution < -0.4 is 0 Å². The van der Waals surface area contributed by atoms with Crippen LogP contribution in [-0.4, -0.2) is 4.57 Å². The van der Waals surface area contributed by atoms with Gasteiger partial charge in [0.2, 0.25) is 0 Å². The number of hydrogen-bond donors (Lipinski definition) is 0. The van der Waals surface area contributed by atoms with Crippen LogP contribution in [0.4, 0.5) is 0 Å². The molecule has 0 amide bonds. The molecule has 0 radical (unpaired) electrons. The molecule has 0 spiro atoms. The lowest BCUT2D eigenvalue weighted by atomic mass is 10.0. The first-order chi connectivity index (χ1) is 11.8. The van der Waals surface area contributed by atoms with Gasteiger partial charge in [0.25, 0.3) is 0 Å². The Balaban J connectivity index is 2.14. The molecule has 0 aliphatic carbocycles. The number of aromatic nitrogens is 1. The third-order valence-electron chi connectivity index (χ3n) is 5.12. The molecule has 0 unspecified atom stereocenters. The van der Waals surface area contributed by atoms with Crippen LogP contribution in [0.15, 0.2) is 54.6 Å². The summed E-state index contributed by atoms with van der Waals surface area (Å²) in [4.78, 5) is 0. The molecule has 2 aromatic heterocycles. The van der Waals surface area contributed by atoms with E-state index < -0.39 is 0 Å². The number of benzene rings is 3. The van der Waals surface area contributed by atoms with E-state index in [0.717, 1.165) is 6.42 Å². The lowest BCUT2D eigenvalue weighted by Gasteiger charge is -2.05. The average molecular weight is 329 g/mol. The van der Waals surface area contributed by atoms with Gasteiger partial charge in [0.15, 0.2) is 0 Å². The Labute approximate surface area is 145 Å². The molecule has 2 heteroatoms.